The summed E-state index contributed by atoms with van der Waals surface area (Å²) in [7, 11) is 0. The lowest BCUT2D eigenvalue weighted by Gasteiger charge is -2.36. The maximum absolute atomic E-state index is 12.2. The van der Waals surface area contributed by atoms with Crippen LogP contribution >= 0.6 is 0 Å². The zero-order valence-corrected chi connectivity index (χ0v) is 19.2. The first-order valence-electron chi connectivity index (χ1n) is 10.6. The van der Waals surface area contributed by atoms with Gasteiger partial charge in [-0.05, 0) is 32.3 Å². The van der Waals surface area contributed by atoms with Gasteiger partial charge in [-0.1, -0.05) is 13.8 Å². The summed E-state index contributed by atoms with van der Waals surface area (Å²) in [5.41, 5.74) is 9.96. The molecule has 1 aromatic rings. The first kappa shape index (κ1) is 27.9. The number of amides is 2. The Morgan fingerprint density at radius 3 is 2.42 bits per heavy atom. The number of nitrogens with two attached hydrogens (primary N) is 2. The third kappa shape index (κ3) is 8.73. The summed E-state index contributed by atoms with van der Waals surface area (Å²) >= 11 is 0. The van der Waals surface area contributed by atoms with Gasteiger partial charge in [0.1, 0.15) is 0 Å². The lowest BCUT2D eigenvalue weighted by molar-refractivity contribution is -0.139. The molecule has 3 atom stereocenters. The molecule has 2 amide bonds. The minimum absolute atomic E-state index is 0.0613. The van der Waals surface area contributed by atoms with Crippen LogP contribution < -0.4 is 22.3 Å². The molecule has 0 radical (unpaired) electrons. The first-order valence-corrected chi connectivity index (χ1v) is 10.6. The van der Waals surface area contributed by atoms with Crippen LogP contribution in [0.4, 0.5) is 4.39 Å². The standard InChI is InChI=1S/C16H28N2O4.C5H4FN3O2/c1-5-12(6-2)22-14-9-11(16(20)21-7-3)8-13(17)15(14)18-10(4)19;6-2-1-8-5(11)3(9-2)4(7)10/h9,12-15H,5-8,17H2,1-4H3,(H,18,19);1H,(H2,7,10)(H,8,11)/t13-,14+,15+;/m0./s1. The summed E-state index contributed by atoms with van der Waals surface area (Å²) in [5.74, 6) is -2.52. The molecule has 0 bridgehead atoms. The normalized spacial score (nSPS) is 19.7. The maximum atomic E-state index is 12.2. The van der Waals surface area contributed by atoms with Crippen LogP contribution in [0.15, 0.2) is 22.6 Å². The van der Waals surface area contributed by atoms with E-state index in [1.54, 1.807) is 13.0 Å². The number of esters is 1. The van der Waals surface area contributed by atoms with Crippen molar-refractivity contribution >= 4 is 17.8 Å². The predicted molar refractivity (Wildman–Crippen MR) is 117 cm³/mol. The fraction of sp³-hybridized carbons (Fsp3) is 0.571. The number of halogens is 1. The van der Waals surface area contributed by atoms with Crippen LogP contribution in [0.3, 0.4) is 0 Å². The highest BCUT2D eigenvalue weighted by atomic mass is 19.1. The van der Waals surface area contributed by atoms with Crippen LogP contribution in [0.5, 0.6) is 0 Å². The topological polar surface area (TPSA) is 179 Å². The molecule has 1 heterocycles. The largest absolute Gasteiger partial charge is 0.463 e. The number of carbonyl (C=O) groups excluding carboxylic acids is 3. The lowest BCUT2D eigenvalue weighted by Crippen LogP contribution is -2.57. The van der Waals surface area contributed by atoms with E-state index < -0.39 is 29.2 Å². The van der Waals surface area contributed by atoms with Crippen LogP contribution in [0.1, 0.15) is 57.4 Å². The van der Waals surface area contributed by atoms with Gasteiger partial charge in [0.15, 0.2) is 5.69 Å². The number of aromatic amines is 1. The quantitative estimate of drug-likeness (QED) is 0.392. The number of H-pyrrole nitrogens is 1. The van der Waals surface area contributed by atoms with Gasteiger partial charge in [0.25, 0.3) is 11.5 Å². The molecule has 0 unspecified atom stereocenters. The van der Waals surface area contributed by atoms with Gasteiger partial charge in [0.2, 0.25) is 11.9 Å². The molecule has 1 aliphatic carbocycles. The summed E-state index contributed by atoms with van der Waals surface area (Å²) < 4.78 is 23.3. The van der Waals surface area contributed by atoms with Gasteiger partial charge in [-0.15, -0.1) is 0 Å². The molecule has 1 aliphatic rings. The Morgan fingerprint density at radius 1 is 1.30 bits per heavy atom. The molecule has 0 aliphatic heterocycles. The molecule has 6 N–H and O–H groups in total. The minimum atomic E-state index is -1.05. The molecular formula is C21H32FN5O6. The van der Waals surface area contributed by atoms with Crippen molar-refractivity contribution in [2.45, 2.75) is 71.2 Å². The molecule has 0 spiro atoms. The summed E-state index contributed by atoms with van der Waals surface area (Å²) in [6, 6.07) is -0.719. The van der Waals surface area contributed by atoms with E-state index in [4.69, 9.17) is 20.9 Å². The van der Waals surface area contributed by atoms with Crippen molar-refractivity contribution in [3.8, 4) is 0 Å². The third-order valence-corrected chi connectivity index (χ3v) is 4.79. The average molecular weight is 470 g/mol. The second-order valence-corrected chi connectivity index (χ2v) is 7.31. The van der Waals surface area contributed by atoms with E-state index >= 15 is 0 Å². The molecular weight excluding hydrogens is 437 g/mol. The smallest absolute Gasteiger partial charge is 0.333 e. The Labute approximate surface area is 191 Å². The van der Waals surface area contributed by atoms with Crippen molar-refractivity contribution in [2.24, 2.45) is 11.5 Å². The Kier molecular flexibility index (Phi) is 11.4. The van der Waals surface area contributed by atoms with Crippen LogP contribution in [0, 0.1) is 5.95 Å². The first-order chi connectivity index (χ1) is 15.5. The molecule has 2 rings (SSSR count). The maximum Gasteiger partial charge on any atom is 0.333 e. The van der Waals surface area contributed by atoms with Gasteiger partial charge >= 0.3 is 5.97 Å². The van der Waals surface area contributed by atoms with E-state index in [1.165, 1.54) is 6.92 Å². The van der Waals surface area contributed by atoms with Crippen LogP contribution in [-0.2, 0) is 19.1 Å². The Bertz CT molecular complexity index is 915. The van der Waals surface area contributed by atoms with Crippen molar-refractivity contribution in [1.29, 1.82) is 0 Å². The third-order valence-electron chi connectivity index (χ3n) is 4.79. The molecule has 0 saturated heterocycles. The number of primary amides is 1. The monoisotopic (exact) mass is 469 g/mol. The Balaban J connectivity index is 0.000000412. The number of aromatic nitrogens is 2. The van der Waals surface area contributed by atoms with E-state index in [0.29, 0.717) is 18.6 Å². The van der Waals surface area contributed by atoms with E-state index in [-0.39, 0.29) is 30.1 Å². The number of ether oxygens (including phenoxy) is 2. The fourth-order valence-corrected chi connectivity index (χ4v) is 3.17. The zero-order valence-electron chi connectivity index (χ0n) is 19.2. The van der Waals surface area contributed by atoms with Crippen molar-refractivity contribution in [3.05, 3.63) is 39.8 Å². The number of hydrogen-bond acceptors (Lipinski definition) is 8. The van der Waals surface area contributed by atoms with E-state index in [0.717, 1.165) is 19.0 Å². The molecule has 184 valence electrons. The number of hydrogen-bond donors (Lipinski definition) is 4. The highest BCUT2D eigenvalue weighted by Crippen LogP contribution is 2.24. The summed E-state index contributed by atoms with van der Waals surface area (Å²) in [6.07, 6.45) is 4.22. The molecule has 0 aromatic carbocycles. The number of rotatable bonds is 8. The highest BCUT2D eigenvalue weighted by Gasteiger charge is 2.35. The van der Waals surface area contributed by atoms with Gasteiger partial charge in [-0.25, -0.2) is 9.78 Å². The predicted octanol–water partition coefficient (Wildman–Crippen LogP) is 0.293. The summed E-state index contributed by atoms with van der Waals surface area (Å²) in [5, 5.41) is 2.84. The van der Waals surface area contributed by atoms with Gasteiger partial charge in [-0.3, -0.25) is 14.4 Å². The van der Waals surface area contributed by atoms with Gasteiger partial charge in [0, 0.05) is 18.5 Å². The van der Waals surface area contributed by atoms with Crippen LogP contribution in [0.2, 0.25) is 0 Å². The van der Waals surface area contributed by atoms with E-state index in [2.05, 4.69) is 10.3 Å². The SMILES string of the molecule is CCOC(=O)C1=C[C@@H](OC(CC)CC)[C@H](NC(C)=O)[C@@H](N)C1.NC(=O)c1nc(F)c[nH]c1=O. The van der Waals surface area contributed by atoms with Crippen molar-refractivity contribution in [2.75, 3.05) is 6.61 Å². The molecule has 0 saturated carbocycles. The molecule has 33 heavy (non-hydrogen) atoms. The highest BCUT2D eigenvalue weighted by molar-refractivity contribution is 5.90. The summed E-state index contributed by atoms with van der Waals surface area (Å²) in [4.78, 5) is 49.3. The summed E-state index contributed by atoms with van der Waals surface area (Å²) in [6.45, 7) is 7.62. The van der Waals surface area contributed by atoms with Crippen LogP contribution in [-0.4, -0.2) is 58.7 Å². The zero-order chi connectivity index (χ0) is 25.1. The second kappa shape index (κ2) is 13.4. The number of nitrogens with zero attached hydrogens (tertiary/aromatic N) is 1. The van der Waals surface area contributed by atoms with Gasteiger partial charge in [0.05, 0.1) is 31.1 Å². The molecule has 11 nitrogen and oxygen atoms in total. The average Bonchev–Trinajstić information content (AvgIpc) is 2.75. The van der Waals surface area contributed by atoms with Gasteiger partial charge < -0.3 is 31.2 Å². The lowest BCUT2D eigenvalue weighted by atomic mass is 9.88. The number of nitrogens with one attached hydrogen (secondary N) is 2. The number of carbonyl (C=O) groups is 3. The molecule has 12 heteroatoms. The van der Waals surface area contributed by atoms with E-state index in [1.807, 2.05) is 18.8 Å². The Morgan fingerprint density at radius 2 is 1.94 bits per heavy atom. The molecule has 0 fully saturated rings. The van der Waals surface area contributed by atoms with Crippen molar-refractivity contribution in [1.82, 2.24) is 15.3 Å². The Hall–Kier alpha value is -3.12. The fourth-order valence-electron chi connectivity index (χ4n) is 3.17. The molecule has 1 aromatic heterocycles. The van der Waals surface area contributed by atoms with Crippen molar-refractivity contribution in [3.63, 3.8) is 0 Å². The second-order valence-electron chi connectivity index (χ2n) is 7.31. The van der Waals surface area contributed by atoms with Crippen molar-refractivity contribution < 1.29 is 28.2 Å². The minimum Gasteiger partial charge on any atom is -0.463 e. The van der Waals surface area contributed by atoms with Gasteiger partial charge in [-0.2, -0.15) is 4.39 Å². The van der Waals surface area contributed by atoms with Crippen LogP contribution in [0.25, 0.3) is 0 Å². The van der Waals surface area contributed by atoms with E-state index in [9.17, 15) is 23.6 Å².